The van der Waals surface area contributed by atoms with Gasteiger partial charge in [-0.05, 0) is 88.5 Å². The molecule has 0 amide bonds. The fourth-order valence-electron chi connectivity index (χ4n) is 4.61. The number of hydrogen-bond donors (Lipinski definition) is 1. The van der Waals surface area contributed by atoms with Gasteiger partial charge in [-0.3, -0.25) is 4.79 Å². The minimum Gasteiger partial charge on any atom is -0.494 e. The van der Waals surface area contributed by atoms with Gasteiger partial charge in [0.15, 0.2) is 5.78 Å². The molecule has 2 N–H and O–H groups in total. The number of carbonyl (C=O) groups excluding carboxylic acids is 1. The number of anilines is 1. The Bertz CT molecular complexity index is 886. The summed E-state index contributed by atoms with van der Waals surface area (Å²) in [5.74, 6) is 2.53. The molecule has 0 unspecified atom stereocenters. The molecule has 0 saturated carbocycles. The predicted molar refractivity (Wildman–Crippen MR) is 134 cm³/mol. The van der Waals surface area contributed by atoms with Crippen LogP contribution in [0, 0.1) is 19.8 Å². The Labute approximate surface area is 202 Å². The van der Waals surface area contributed by atoms with Crippen molar-refractivity contribution in [2.45, 2.75) is 71.8 Å². The Morgan fingerprint density at radius 1 is 1.18 bits per heavy atom. The minimum absolute atomic E-state index is 0.140. The molecular formula is C26H37ClN4O2. The van der Waals surface area contributed by atoms with Gasteiger partial charge >= 0.3 is 0 Å². The zero-order chi connectivity index (χ0) is 23.8. The van der Waals surface area contributed by atoms with E-state index in [1.165, 1.54) is 0 Å². The first kappa shape index (κ1) is 25.4. The maximum atomic E-state index is 12.6. The van der Waals surface area contributed by atoms with Crippen molar-refractivity contribution in [1.29, 1.82) is 0 Å². The molecule has 0 bridgehead atoms. The number of piperidine rings is 1. The zero-order valence-electron chi connectivity index (χ0n) is 20.1. The molecule has 2 heterocycles. The summed E-state index contributed by atoms with van der Waals surface area (Å²) in [5.41, 5.74) is 8.62. The van der Waals surface area contributed by atoms with Gasteiger partial charge in [-0.15, -0.1) is 0 Å². The van der Waals surface area contributed by atoms with Crippen LogP contribution in [0.4, 0.5) is 5.95 Å². The highest BCUT2D eigenvalue weighted by molar-refractivity contribution is 6.30. The Morgan fingerprint density at radius 3 is 2.42 bits per heavy atom. The van der Waals surface area contributed by atoms with Crippen molar-refractivity contribution in [3.05, 3.63) is 46.2 Å². The fourth-order valence-corrected chi connectivity index (χ4v) is 4.71. The van der Waals surface area contributed by atoms with Gasteiger partial charge in [-0.25, -0.2) is 9.97 Å². The van der Waals surface area contributed by atoms with Crippen LogP contribution < -0.4 is 15.4 Å². The maximum Gasteiger partial charge on any atom is 0.225 e. The number of hydrogen-bond acceptors (Lipinski definition) is 6. The van der Waals surface area contributed by atoms with E-state index in [0.717, 1.165) is 80.0 Å². The average molecular weight is 473 g/mol. The molecule has 33 heavy (non-hydrogen) atoms. The zero-order valence-corrected chi connectivity index (χ0v) is 20.9. The van der Waals surface area contributed by atoms with Crippen LogP contribution in [0.15, 0.2) is 24.5 Å². The number of rotatable bonds is 11. The van der Waals surface area contributed by atoms with Crippen LogP contribution in [0.5, 0.6) is 5.75 Å². The summed E-state index contributed by atoms with van der Waals surface area (Å²) in [6.07, 6.45) is 10.0. The molecule has 1 atom stereocenters. The van der Waals surface area contributed by atoms with Crippen LogP contribution in [-0.2, 0) is 0 Å². The third-order valence-corrected chi connectivity index (χ3v) is 6.57. The standard InChI is InChI=1S/C26H37ClN4O2/c1-18-14-23(15-19(2)25(18)24(32)8-4-6-20(3)28)33-13-5-7-21-9-11-31(12-10-21)26-29-16-22(27)17-30-26/h14-17,20-21H,4-13,28H2,1-3H3/t20-/m0/s1. The first-order valence-corrected chi connectivity index (χ1v) is 12.5. The van der Waals surface area contributed by atoms with E-state index in [9.17, 15) is 4.79 Å². The topological polar surface area (TPSA) is 81.3 Å². The van der Waals surface area contributed by atoms with Crippen LogP contribution >= 0.6 is 11.6 Å². The largest absolute Gasteiger partial charge is 0.494 e. The highest BCUT2D eigenvalue weighted by Crippen LogP contribution is 2.26. The lowest BCUT2D eigenvalue weighted by atomic mass is 9.92. The quantitative estimate of drug-likeness (QED) is 0.342. The summed E-state index contributed by atoms with van der Waals surface area (Å²) >= 11 is 5.88. The van der Waals surface area contributed by atoms with E-state index in [1.807, 2.05) is 32.9 Å². The molecule has 0 radical (unpaired) electrons. The number of nitrogens with two attached hydrogens (primary N) is 1. The molecule has 1 aliphatic rings. The van der Waals surface area contributed by atoms with Crippen molar-refractivity contribution in [3.63, 3.8) is 0 Å². The Kier molecular flexibility index (Phi) is 9.51. The second-order valence-electron chi connectivity index (χ2n) is 9.35. The second kappa shape index (κ2) is 12.3. The van der Waals surface area contributed by atoms with Crippen molar-refractivity contribution in [1.82, 2.24) is 9.97 Å². The molecule has 7 heteroatoms. The molecule has 0 aliphatic carbocycles. The smallest absolute Gasteiger partial charge is 0.225 e. The number of nitrogens with zero attached hydrogens (tertiary/aromatic N) is 3. The van der Waals surface area contributed by atoms with Crippen LogP contribution in [0.2, 0.25) is 5.02 Å². The summed E-state index contributed by atoms with van der Waals surface area (Å²) in [6.45, 7) is 8.62. The lowest BCUT2D eigenvalue weighted by molar-refractivity contribution is 0.0977. The van der Waals surface area contributed by atoms with Gasteiger partial charge in [-0.1, -0.05) is 11.6 Å². The average Bonchev–Trinajstić information content (AvgIpc) is 2.77. The van der Waals surface area contributed by atoms with E-state index in [1.54, 1.807) is 12.4 Å². The highest BCUT2D eigenvalue weighted by Gasteiger charge is 2.21. The van der Waals surface area contributed by atoms with Crippen LogP contribution in [0.25, 0.3) is 0 Å². The van der Waals surface area contributed by atoms with Crippen molar-refractivity contribution in [3.8, 4) is 5.75 Å². The fraction of sp³-hybridized carbons (Fsp3) is 0.577. The summed E-state index contributed by atoms with van der Waals surface area (Å²) < 4.78 is 6.04. The van der Waals surface area contributed by atoms with Gasteiger partial charge in [0.2, 0.25) is 5.95 Å². The van der Waals surface area contributed by atoms with E-state index in [2.05, 4.69) is 14.9 Å². The summed E-state index contributed by atoms with van der Waals surface area (Å²) in [4.78, 5) is 23.5. The minimum atomic E-state index is 0.140. The number of halogens is 1. The number of Topliss-reactive ketones (excluding diaryl/α,β-unsaturated/α-hetero) is 1. The van der Waals surface area contributed by atoms with Gasteiger partial charge in [-0.2, -0.15) is 0 Å². The first-order chi connectivity index (χ1) is 15.8. The molecular weight excluding hydrogens is 436 g/mol. The summed E-state index contributed by atoms with van der Waals surface area (Å²) in [6, 6.07) is 4.13. The molecule has 2 aromatic rings. The van der Waals surface area contributed by atoms with E-state index in [-0.39, 0.29) is 11.8 Å². The van der Waals surface area contributed by atoms with Crippen molar-refractivity contribution >= 4 is 23.3 Å². The SMILES string of the molecule is Cc1cc(OCCCC2CCN(c3ncc(Cl)cn3)CC2)cc(C)c1C(=O)CCC[C@H](C)N. The van der Waals surface area contributed by atoms with E-state index < -0.39 is 0 Å². The monoisotopic (exact) mass is 472 g/mol. The van der Waals surface area contributed by atoms with Gasteiger partial charge < -0.3 is 15.4 Å². The molecule has 1 aliphatic heterocycles. The van der Waals surface area contributed by atoms with E-state index >= 15 is 0 Å². The van der Waals surface area contributed by atoms with Gasteiger partial charge in [0, 0.05) is 31.1 Å². The predicted octanol–water partition coefficient (Wildman–Crippen LogP) is 5.52. The molecule has 180 valence electrons. The lowest BCUT2D eigenvalue weighted by Gasteiger charge is -2.32. The maximum absolute atomic E-state index is 12.6. The number of carbonyl (C=O) groups is 1. The number of ketones is 1. The Balaban J connectivity index is 1.40. The van der Waals surface area contributed by atoms with Crippen LogP contribution in [0.3, 0.4) is 0 Å². The van der Waals surface area contributed by atoms with Crippen molar-refractivity contribution < 1.29 is 9.53 Å². The molecule has 1 fully saturated rings. The van der Waals surface area contributed by atoms with E-state index in [4.69, 9.17) is 22.1 Å². The molecule has 0 spiro atoms. The van der Waals surface area contributed by atoms with Crippen molar-refractivity contribution in [2.75, 3.05) is 24.6 Å². The van der Waals surface area contributed by atoms with Crippen LogP contribution in [-0.4, -0.2) is 41.5 Å². The van der Waals surface area contributed by atoms with Crippen LogP contribution in [0.1, 0.15) is 73.4 Å². The second-order valence-corrected chi connectivity index (χ2v) is 9.78. The highest BCUT2D eigenvalue weighted by atomic mass is 35.5. The Morgan fingerprint density at radius 2 is 1.82 bits per heavy atom. The lowest BCUT2D eigenvalue weighted by Crippen LogP contribution is -2.34. The van der Waals surface area contributed by atoms with Gasteiger partial charge in [0.1, 0.15) is 5.75 Å². The van der Waals surface area contributed by atoms with Gasteiger partial charge in [0.25, 0.3) is 0 Å². The number of aryl methyl sites for hydroxylation is 2. The molecule has 6 nitrogen and oxygen atoms in total. The first-order valence-electron chi connectivity index (χ1n) is 12.1. The molecule has 3 rings (SSSR count). The number of benzene rings is 1. The molecule has 1 saturated heterocycles. The number of ether oxygens (including phenoxy) is 1. The van der Waals surface area contributed by atoms with Gasteiger partial charge in [0.05, 0.1) is 24.0 Å². The third kappa shape index (κ3) is 7.68. The summed E-state index contributed by atoms with van der Waals surface area (Å²) in [7, 11) is 0. The molecule has 1 aromatic heterocycles. The normalized spacial score (nSPS) is 15.5. The molecule has 1 aromatic carbocycles. The summed E-state index contributed by atoms with van der Waals surface area (Å²) in [5, 5.41) is 0.567. The van der Waals surface area contributed by atoms with E-state index in [0.29, 0.717) is 24.0 Å². The third-order valence-electron chi connectivity index (χ3n) is 6.38. The number of aromatic nitrogens is 2. The Hall–Kier alpha value is -2.18. The van der Waals surface area contributed by atoms with Crippen molar-refractivity contribution in [2.24, 2.45) is 11.7 Å².